The number of hydrogen-bond acceptors (Lipinski definition) is 3. The van der Waals surface area contributed by atoms with Crippen LogP contribution in [0.1, 0.15) is 39.8 Å². The van der Waals surface area contributed by atoms with Gasteiger partial charge in [-0.3, -0.25) is 4.79 Å². The van der Waals surface area contributed by atoms with Crippen LogP contribution >= 0.6 is 0 Å². The number of nitrogens with zero attached hydrogens (tertiary/aromatic N) is 1. The predicted molar refractivity (Wildman–Crippen MR) is 84.1 cm³/mol. The second kappa shape index (κ2) is 6.31. The molecule has 1 aromatic heterocycles. The molecule has 1 aromatic carbocycles. The quantitative estimate of drug-likeness (QED) is 0.899. The molecule has 5 nitrogen and oxygen atoms in total. The molecule has 0 spiro atoms. The number of hydrogen-bond donors (Lipinski definition) is 1. The van der Waals surface area contributed by atoms with Gasteiger partial charge in [-0.25, -0.2) is 13.6 Å². The number of carbonyl (C=O) groups is 2. The summed E-state index contributed by atoms with van der Waals surface area (Å²) in [4.78, 5) is 24.9. The molecule has 0 unspecified atom stereocenters. The van der Waals surface area contributed by atoms with Crippen molar-refractivity contribution in [3.05, 3.63) is 58.5 Å². The number of rotatable bonds is 5. The zero-order chi connectivity index (χ0) is 18.3. The summed E-state index contributed by atoms with van der Waals surface area (Å²) in [7, 11) is 1.57. The Hall–Kier alpha value is -2.70. The Morgan fingerprint density at radius 1 is 1.36 bits per heavy atom. The molecule has 0 aliphatic heterocycles. The zero-order valence-electron chi connectivity index (χ0n) is 13.8. The molecule has 0 radical (unpaired) electrons. The van der Waals surface area contributed by atoms with Gasteiger partial charge in [0, 0.05) is 13.0 Å². The van der Waals surface area contributed by atoms with Crippen molar-refractivity contribution in [2.24, 2.45) is 5.92 Å². The van der Waals surface area contributed by atoms with Crippen LogP contribution in [0.4, 0.5) is 8.78 Å². The summed E-state index contributed by atoms with van der Waals surface area (Å²) in [5.41, 5.74) is 0.274. The molecule has 2 aromatic rings. The molecule has 132 valence electrons. The summed E-state index contributed by atoms with van der Waals surface area (Å²) >= 11 is 0. The Labute approximate surface area is 142 Å². The van der Waals surface area contributed by atoms with E-state index in [4.69, 9.17) is 9.52 Å². The van der Waals surface area contributed by atoms with Gasteiger partial charge < -0.3 is 14.4 Å². The number of carboxylic acid groups (broad SMARTS) is 1. The fraction of sp³-hybridized carbons (Fsp3) is 0.333. The monoisotopic (exact) mass is 349 g/mol. The first-order valence-electron chi connectivity index (χ1n) is 7.81. The second-order valence-corrected chi connectivity index (χ2v) is 6.27. The highest BCUT2D eigenvalue weighted by Gasteiger charge is 2.46. The third-order valence-electron chi connectivity index (χ3n) is 4.46. The summed E-state index contributed by atoms with van der Waals surface area (Å²) in [6.07, 6.45) is 0.459. The maximum atomic E-state index is 13.8. The highest BCUT2D eigenvalue weighted by molar-refractivity contribution is 5.89. The highest BCUT2D eigenvalue weighted by Crippen LogP contribution is 2.49. The number of carboxylic acids is 1. The maximum Gasteiger partial charge on any atom is 0.339 e. The Morgan fingerprint density at radius 2 is 2.08 bits per heavy atom. The van der Waals surface area contributed by atoms with Crippen LogP contribution in [0.2, 0.25) is 0 Å². The van der Waals surface area contributed by atoms with Crippen molar-refractivity contribution < 1.29 is 27.9 Å². The van der Waals surface area contributed by atoms with E-state index < -0.39 is 23.5 Å². The van der Waals surface area contributed by atoms with Gasteiger partial charge in [-0.2, -0.15) is 0 Å². The van der Waals surface area contributed by atoms with Crippen LogP contribution in [0, 0.1) is 24.5 Å². The Morgan fingerprint density at radius 3 is 2.72 bits per heavy atom. The van der Waals surface area contributed by atoms with Gasteiger partial charge in [-0.15, -0.1) is 0 Å². The van der Waals surface area contributed by atoms with Gasteiger partial charge in [0.05, 0.1) is 6.54 Å². The van der Waals surface area contributed by atoms with Gasteiger partial charge in [0.25, 0.3) is 0 Å². The predicted octanol–water partition coefficient (Wildman–Crippen LogP) is 3.33. The smallest absolute Gasteiger partial charge is 0.339 e. The minimum Gasteiger partial charge on any atom is -0.478 e. The lowest BCUT2D eigenvalue weighted by molar-refractivity contribution is -0.132. The first-order valence-corrected chi connectivity index (χ1v) is 7.81. The van der Waals surface area contributed by atoms with Crippen LogP contribution in [-0.4, -0.2) is 28.9 Å². The Bertz CT molecular complexity index is 846. The van der Waals surface area contributed by atoms with Crippen molar-refractivity contribution >= 4 is 11.9 Å². The lowest BCUT2D eigenvalue weighted by Gasteiger charge is -2.16. The van der Waals surface area contributed by atoms with E-state index in [0.29, 0.717) is 12.2 Å². The van der Waals surface area contributed by atoms with E-state index in [9.17, 15) is 18.4 Å². The van der Waals surface area contributed by atoms with E-state index in [0.717, 1.165) is 6.07 Å². The molecule has 1 N–H and O–H groups in total. The van der Waals surface area contributed by atoms with Gasteiger partial charge in [-0.1, -0.05) is 12.1 Å². The van der Waals surface area contributed by atoms with Crippen molar-refractivity contribution in [1.29, 1.82) is 0 Å². The molecule has 0 bridgehead atoms. The molecule has 1 saturated carbocycles. The maximum absolute atomic E-state index is 13.8. The number of carbonyl (C=O) groups excluding carboxylic acids is 1. The number of benzene rings is 1. The van der Waals surface area contributed by atoms with E-state index in [2.05, 4.69) is 0 Å². The lowest BCUT2D eigenvalue weighted by atomic mass is 10.1. The number of halogens is 2. The summed E-state index contributed by atoms with van der Waals surface area (Å²) in [6.45, 7) is 1.65. The van der Waals surface area contributed by atoms with E-state index in [1.807, 2.05) is 0 Å². The molecule has 1 aliphatic carbocycles. The average molecular weight is 349 g/mol. The van der Waals surface area contributed by atoms with Gasteiger partial charge in [0.15, 0.2) is 11.6 Å². The molecule has 1 amide bonds. The van der Waals surface area contributed by atoms with Crippen LogP contribution in [-0.2, 0) is 11.3 Å². The fourth-order valence-corrected chi connectivity index (χ4v) is 3.05. The lowest BCUT2D eigenvalue weighted by Crippen LogP contribution is -2.28. The topological polar surface area (TPSA) is 70.8 Å². The average Bonchev–Trinajstić information content (AvgIpc) is 3.25. The van der Waals surface area contributed by atoms with Crippen molar-refractivity contribution in [2.45, 2.75) is 25.8 Å². The van der Waals surface area contributed by atoms with Gasteiger partial charge in [0.1, 0.15) is 17.1 Å². The minimum absolute atomic E-state index is 0.0574. The summed E-state index contributed by atoms with van der Waals surface area (Å²) in [5, 5.41) is 9.02. The normalized spacial score (nSPS) is 18.9. The van der Waals surface area contributed by atoms with Gasteiger partial charge in [0.2, 0.25) is 5.91 Å². The largest absolute Gasteiger partial charge is 0.478 e. The van der Waals surface area contributed by atoms with Crippen molar-refractivity contribution in [1.82, 2.24) is 4.90 Å². The molecule has 1 aliphatic rings. The standard InChI is InChI=1S/C18H17F2NO4/c1-9-12(18(23)24)6-10(25-9)8-21(2)17(22)14-7-13(14)11-4-3-5-15(19)16(11)20/h3-6,13-14H,7-8H2,1-2H3,(H,23,24)/t13-,14-/m0/s1. The van der Waals surface area contributed by atoms with Crippen LogP contribution in [0.5, 0.6) is 0 Å². The van der Waals surface area contributed by atoms with Crippen LogP contribution in [0.25, 0.3) is 0 Å². The molecule has 3 rings (SSSR count). The molecule has 25 heavy (non-hydrogen) atoms. The number of aryl methyl sites for hydroxylation is 1. The van der Waals surface area contributed by atoms with Gasteiger partial charge in [-0.05, 0) is 37.0 Å². The van der Waals surface area contributed by atoms with Crippen LogP contribution < -0.4 is 0 Å². The molecule has 1 heterocycles. The molecular weight excluding hydrogens is 332 g/mol. The van der Waals surface area contributed by atoms with Crippen LogP contribution in [0.3, 0.4) is 0 Å². The molecule has 2 atom stereocenters. The molecule has 7 heteroatoms. The fourth-order valence-electron chi connectivity index (χ4n) is 3.05. The Balaban J connectivity index is 1.67. The first-order chi connectivity index (χ1) is 11.8. The molecular formula is C18H17F2NO4. The summed E-state index contributed by atoms with van der Waals surface area (Å²) in [6, 6.07) is 5.35. The third-order valence-corrected chi connectivity index (χ3v) is 4.46. The highest BCUT2D eigenvalue weighted by atomic mass is 19.2. The Kier molecular flexibility index (Phi) is 4.32. The zero-order valence-corrected chi connectivity index (χ0v) is 13.8. The minimum atomic E-state index is -1.09. The van der Waals surface area contributed by atoms with Crippen molar-refractivity contribution in [2.75, 3.05) is 7.05 Å². The van der Waals surface area contributed by atoms with Crippen molar-refractivity contribution in [3.8, 4) is 0 Å². The van der Waals surface area contributed by atoms with E-state index >= 15 is 0 Å². The number of aromatic carboxylic acids is 1. The van der Waals surface area contributed by atoms with Crippen molar-refractivity contribution in [3.63, 3.8) is 0 Å². The number of amides is 1. The second-order valence-electron chi connectivity index (χ2n) is 6.27. The number of furan rings is 1. The molecule has 0 saturated heterocycles. The first kappa shape index (κ1) is 17.1. The summed E-state index contributed by atoms with van der Waals surface area (Å²) in [5.74, 6) is -3.23. The van der Waals surface area contributed by atoms with E-state index in [1.165, 1.54) is 23.1 Å². The van der Waals surface area contributed by atoms with Gasteiger partial charge >= 0.3 is 5.97 Å². The van der Waals surface area contributed by atoms with E-state index in [-0.39, 0.29) is 35.3 Å². The summed E-state index contributed by atoms with van der Waals surface area (Å²) < 4.78 is 32.5. The van der Waals surface area contributed by atoms with Crippen LogP contribution in [0.15, 0.2) is 28.7 Å². The SMILES string of the molecule is Cc1oc(CN(C)C(=O)[C@H]2C[C@H]2c2cccc(F)c2F)cc1C(=O)O. The van der Waals surface area contributed by atoms with E-state index in [1.54, 1.807) is 14.0 Å². The third kappa shape index (κ3) is 3.26. The molecule has 1 fully saturated rings.